The summed E-state index contributed by atoms with van der Waals surface area (Å²) in [5, 5.41) is 0. The third-order valence-corrected chi connectivity index (χ3v) is 2.73. The molecule has 122 valence electrons. The summed E-state index contributed by atoms with van der Waals surface area (Å²) < 4.78 is 13.8. The minimum absolute atomic E-state index is 0.400. The van der Waals surface area contributed by atoms with E-state index in [-0.39, 0.29) is 0 Å². The number of hydrogen-bond donors (Lipinski definition) is 0. The zero-order valence-electron chi connectivity index (χ0n) is 12.9. The first-order chi connectivity index (χ1) is 11.1. The molecule has 1 aromatic rings. The lowest BCUT2D eigenvalue weighted by molar-refractivity contribution is -0.167. The fraction of sp³-hybridized carbons (Fsp3) is 0.235. The number of ether oxygens (including phenoxy) is 3. The normalized spacial score (nSPS) is 12.1. The molecule has 1 unspecified atom stereocenters. The molecule has 0 aliphatic rings. The molecule has 0 amide bonds. The van der Waals surface area contributed by atoms with Gasteiger partial charge in [0.15, 0.2) is 0 Å². The monoisotopic (exact) mass is 318 g/mol. The number of carbonyl (C=O) groups excluding carboxylic acids is 3. The van der Waals surface area contributed by atoms with Gasteiger partial charge in [0.2, 0.25) is 6.10 Å². The zero-order chi connectivity index (χ0) is 17.1. The maximum Gasteiger partial charge on any atom is 0.347 e. The van der Waals surface area contributed by atoms with Crippen LogP contribution in [0.4, 0.5) is 0 Å². The molecule has 1 rings (SSSR count). The van der Waals surface area contributed by atoms with E-state index < -0.39 is 30.4 Å². The summed E-state index contributed by atoms with van der Waals surface area (Å²) in [4.78, 5) is 34.3. The fourth-order valence-electron chi connectivity index (χ4n) is 1.58. The van der Waals surface area contributed by atoms with Crippen molar-refractivity contribution in [2.24, 2.45) is 0 Å². The third kappa shape index (κ3) is 7.08. The van der Waals surface area contributed by atoms with Crippen molar-refractivity contribution in [1.29, 1.82) is 0 Å². The molecule has 6 nitrogen and oxygen atoms in total. The Bertz CT molecular complexity index is 588. The van der Waals surface area contributed by atoms with Gasteiger partial charge in [0, 0.05) is 6.08 Å². The van der Waals surface area contributed by atoms with Crippen molar-refractivity contribution < 1.29 is 28.6 Å². The Balaban J connectivity index is 2.57. The van der Waals surface area contributed by atoms with Crippen LogP contribution in [-0.2, 0) is 28.6 Å². The molecule has 0 saturated heterocycles. The van der Waals surface area contributed by atoms with Crippen molar-refractivity contribution >= 4 is 24.0 Å². The van der Waals surface area contributed by atoms with Crippen LogP contribution < -0.4 is 0 Å². The second kappa shape index (κ2) is 9.94. The molecule has 1 aromatic carbocycles. The molecule has 0 aromatic heterocycles. The summed E-state index contributed by atoms with van der Waals surface area (Å²) in [6, 6.07) is 9.51. The van der Waals surface area contributed by atoms with Crippen LogP contribution in [0.25, 0.3) is 6.08 Å². The first-order valence-corrected chi connectivity index (χ1v) is 6.82. The van der Waals surface area contributed by atoms with Crippen LogP contribution in [0.15, 0.2) is 48.6 Å². The largest absolute Gasteiger partial charge is 0.469 e. The minimum atomic E-state index is -1.33. The number of rotatable bonds is 7. The highest BCUT2D eigenvalue weighted by Gasteiger charge is 2.26. The van der Waals surface area contributed by atoms with E-state index in [0.29, 0.717) is 0 Å². The average molecular weight is 318 g/mol. The average Bonchev–Trinajstić information content (AvgIpc) is 2.58. The maximum absolute atomic E-state index is 11.7. The van der Waals surface area contributed by atoms with E-state index in [1.807, 2.05) is 30.3 Å². The van der Waals surface area contributed by atoms with Crippen LogP contribution in [0.3, 0.4) is 0 Å². The van der Waals surface area contributed by atoms with Crippen molar-refractivity contribution in [1.82, 2.24) is 0 Å². The van der Waals surface area contributed by atoms with Crippen molar-refractivity contribution in [2.45, 2.75) is 12.5 Å². The molecule has 23 heavy (non-hydrogen) atoms. The summed E-state index contributed by atoms with van der Waals surface area (Å²) in [5.41, 5.74) is 0.976. The van der Waals surface area contributed by atoms with Gasteiger partial charge in [-0.2, -0.15) is 0 Å². The molecule has 0 aliphatic carbocycles. The number of hydrogen-bond acceptors (Lipinski definition) is 6. The van der Waals surface area contributed by atoms with Crippen molar-refractivity contribution in [3.8, 4) is 0 Å². The molecular weight excluding hydrogens is 300 g/mol. The molecule has 0 fully saturated rings. The van der Waals surface area contributed by atoms with Crippen LogP contribution in [0, 0.1) is 0 Å². The molecule has 0 radical (unpaired) electrons. The first-order valence-electron chi connectivity index (χ1n) is 6.82. The van der Waals surface area contributed by atoms with Crippen molar-refractivity contribution in [2.75, 3.05) is 14.2 Å². The number of esters is 3. The first kappa shape index (κ1) is 18.2. The molecule has 0 aliphatic heterocycles. The SMILES string of the molecule is COC(=O)CC(OC(=O)/C=C/C=C/c1ccccc1)C(=O)OC. The summed E-state index contributed by atoms with van der Waals surface area (Å²) in [6.45, 7) is 0. The van der Waals surface area contributed by atoms with Crippen LogP contribution >= 0.6 is 0 Å². The molecule has 0 saturated carbocycles. The Morgan fingerprint density at radius 3 is 2.35 bits per heavy atom. The Hall–Kier alpha value is -2.89. The van der Waals surface area contributed by atoms with Gasteiger partial charge in [0.1, 0.15) is 0 Å². The van der Waals surface area contributed by atoms with Gasteiger partial charge in [-0.05, 0) is 5.56 Å². The van der Waals surface area contributed by atoms with E-state index in [2.05, 4.69) is 9.47 Å². The van der Waals surface area contributed by atoms with Gasteiger partial charge in [-0.3, -0.25) is 4.79 Å². The quantitative estimate of drug-likeness (QED) is 0.331. The molecule has 0 bridgehead atoms. The van der Waals surface area contributed by atoms with Gasteiger partial charge < -0.3 is 14.2 Å². The van der Waals surface area contributed by atoms with Gasteiger partial charge in [-0.15, -0.1) is 0 Å². The summed E-state index contributed by atoms with van der Waals surface area (Å²) in [5.74, 6) is -2.26. The smallest absolute Gasteiger partial charge is 0.347 e. The third-order valence-electron chi connectivity index (χ3n) is 2.73. The molecular formula is C17H18O6. The summed E-state index contributed by atoms with van der Waals surface area (Å²) in [7, 11) is 2.31. The van der Waals surface area contributed by atoms with Crippen molar-refractivity contribution in [3.05, 3.63) is 54.1 Å². The predicted molar refractivity (Wildman–Crippen MR) is 83.1 cm³/mol. The molecule has 0 N–H and O–H groups in total. The number of allylic oxidation sites excluding steroid dienone is 2. The molecule has 1 atom stereocenters. The highest BCUT2D eigenvalue weighted by atomic mass is 16.6. The standard InChI is InChI=1S/C17H18O6/c1-21-16(19)12-14(17(20)22-2)23-15(18)11-7-6-10-13-8-4-3-5-9-13/h3-11,14H,12H2,1-2H3/b10-6+,11-7+. The Kier molecular flexibility index (Phi) is 7.85. The Morgan fingerprint density at radius 1 is 1.04 bits per heavy atom. The van der Waals surface area contributed by atoms with E-state index in [4.69, 9.17) is 4.74 Å². The predicted octanol–water partition coefficient (Wildman–Crippen LogP) is 1.90. The molecule has 6 heteroatoms. The lowest BCUT2D eigenvalue weighted by Crippen LogP contribution is -2.30. The molecule has 0 spiro atoms. The van der Waals surface area contributed by atoms with Crippen LogP contribution in [0.5, 0.6) is 0 Å². The lowest BCUT2D eigenvalue weighted by atomic mass is 10.2. The van der Waals surface area contributed by atoms with Gasteiger partial charge >= 0.3 is 17.9 Å². The summed E-state index contributed by atoms with van der Waals surface area (Å²) in [6.07, 6.45) is 4.35. The minimum Gasteiger partial charge on any atom is -0.469 e. The second-order valence-corrected chi connectivity index (χ2v) is 4.36. The lowest BCUT2D eigenvalue weighted by Gasteiger charge is -2.13. The number of methoxy groups -OCH3 is 2. The highest BCUT2D eigenvalue weighted by molar-refractivity contribution is 5.88. The van der Waals surface area contributed by atoms with Crippen molar-refractivity contribution in [3.63, 3.8) is 0 Å². The van der Waals surface area contributed by atoms with E-state index >= 15 is 0 Å². The van der Waals surface area contributed by atoms with E-state index in [0.717, 1.165) is 18.7 Å². The number of carbonyl (C=O) groups is 3. The molecule has 0 heterocycles. The highest BCUT2D eigenvalue weighted by Crippen LogP contribution is 2.05. The topological polar surface area (TPSA) is 78.9 Å². The Morgan fingerprint density at radius 2 is 1.74 bits per heavy atom. The summed E-state index contributed by atoms with van der Waals surface area (Å²) >= 11 is 0. The van der Waals surface area contributed by atoms with Gasteiger partial charge in [0.05, 0.1) is 20.6 Å². The Labute approximate surface area is 134 Å². The van der Waals surface area contributed by atoms with Gasteiger partial charge in [-0.1, -0.05) is 48.6 Å². The van der Waals surface area contributed by atoms with Crippen LogP contribution in [0.1, 0.15) is 12.0 Å². The fourth-order valence-corrected chi connectivity index (χ4v) is 1.58. The number of benzene rings is 1. The van der Waals surface area contributed by atoms with Crippen LogP contribution in [-0.4, -0.2) is 38.2 Å². The van der Waals surface area contributed by atoms with E-state index in [1.54, 1.807) is 12.2 Å². The zero-order valence-corrected chi connectivity index (χ0v) is 12.9. The van der Waals surface area contributed by atoms with Gasteiger partial charge in [-0.25, -0.2) is 9.59 Å². The van der Waals surface area contributed by atoms with Gasteiger partial charge in [0.25, 0.3) is 0 Å². The van der Waals surface area contributed by atoms with E-state index in [1.165, 1.54) is 13.2 Å². The second-order valence-electron chi connectivity index (χ2n) is 4.36. The maximum atomic E-state index is 11.7. The van der Waals surface area contributed by atoms with Crippen LogP contribution in [0.2, 0.25) is 0 Å². The van der Waals surface area contributed by atoms with E-state index in [9.17, 15) is 14.4 Å².